The van der Waals surface area contributed by atoms with Gasteiger partial charge in [-0.2, -0.15) is 0 Å². The Labute approximate surface area is 368 Å². The highest BCUT2D eigenvalue weighted by Crippen LogP contribution is 2.12. The van der Waals surface area contributed by atoms with Gasteiger partial charge in [0.15, 0.2) is 6.10 Å². The predicted molar refractivity (Wildman–Crippen MR) is 256 cm³/mol. The maximum absolute atomic E-state index is 12.7. The molecule has 1 unspecified atom stereocenters. The molecule has 0 aromatic rings. The molecule has 0 bridgehead atoms. The Morgan fingerprint density at radius 3 is 1.10 bits per heavy atom. The Bertz CT molecular complexity index is 1230. The summed E-state index contributed by atoms with van der Waals surface area (Å²) in [6.07, 6.45) is 62.5. The lowest BCUT2D eigenvalue weighted by Crippen LogP contribution is -2.30. The lowest BCUT2D eigenvalue weighted by molar-refractivity contribution is -0.167. The summed E-state index contributed by atoms with van der Waals surface area (Å²) in [7, 11) is 0. The van der Waals surface area contributed by atoms with Gasteiger partial charge in [-0.15, -0.1) is 0 Å². The Hall–Kier alpha value is -3.67. The van der Waals surface area contributed by atoms with Crippen molar-refractivity contribution in [2.24, 2.45) is 0 Å². The normalized spacial score (nSPS) is 12.9. The van der Waals surface area contributed by atoms with E-state index in [1.807, 2.05) is 36.5 Å². The highest BCUT2D eigenvalue weighted by molar-refractivity contribution is 5.71. The van der Waals surface area contributed by atoms with Crippen LogP contribution < -0.4 is 0 Å². The van der Waals surface area contributed by atoms with E-state index < -0.39 is 6.10 Å². The highest BCUT2D eigenvalue weighted by atomic mass is 16.6. The van der Waals surface area contributed by atoms with Crippen LogP contribution in [-0.4, -0.2) is 37.2 Å². The largest absolute Gasteiger partial charge is 0.462 e. The van der Waals surface area contributed by atoms with Gasteiger partial charge >= 0.3 is 17.9 Å². The zero-order valence-electron chi connectivity index (χ0n) is 38.7. The van der Waals surface area contributed by atoms with E-state index in [1.165, 1.54) is 64.2 Å². The van der Waals surface area contributed by atoms with Gasteiger partial charge in [0.05, 0.1) is 0 Å². The monoisotopic (exact) mass is 833 g/mol. The molecule has 0 saturated heterocycles. The van der Waals surface area contributed by atoms with Crippen LogP contribution in [0.25, 0.3) is 0 Å². The predicted octanol–water partition coefficient (Wildman–Crippen LogP) is 15.8. The van der Waals surface area contributed by atoms with Crippen LogP contribution in [-0.2, 0) is 28.6 Å². The molecule has 0 radical (unpaired) electrons. The minimum atomic E-state index is -0.814. The third-order valence-electron chi connectivity index (χ3n) is 9.94. The van der Waals surface area contributed by atoms with E-state index in [1.54, 1.807) is 0 Å². The van der Waals surface area contributed by atoms with Gasteiger partial charge < -0.3 is 14.2 Å². The molecule has 0 amide bonds. The van der Waals surface area contributed by atoms with Gasteiger partial charge in [-0.3, -0.25) is 14.4 Å². The molecule has 0 saturated carbocycles. The first kappa shape index (κ1) is 56.3. The second-order valence-electron chi connectivity index (χ2n) is 15.8. The second kappa shape index (κ2) is 48.0. The Balaban J connectivity index is 4.48. The van der Waals surface area contributed by atoms with Crippen molar-refractivity contribution in [2.75, 3.05) is 13.2 Å². The van der Waals surface area contributed by atoms with Crippen LogP contribution in [0.3, 0.4) is 0 Å². The van der Waals surface area contributed by atoms with Gasteiger partial charge in [-0.05, 0) is 83.5 Å². The zero-order valence-corrected chi connectivity index (χ0v) is 38.7. The topological polar surface area (TPSA) is 78.9 Å². The molecular formula is C54H88O6. The number of hydrogen-bond donors (Lipinski definition) is 0. The minimum Gasteiger partial charge on any atom is -0.462 e. The van der Waals surface area contributed by atoms with Gasteiger partial charge in [0, 0.05) is 19.3 Å². The molecule has 0 aliphatic heterocycles. The molecule has 0 fully saturated rings. The summed E-state index contributed by atoms with van der Waals surface area (Å²) < 4.78 is 16.7. The summed E-state index contributed by atoms with van der Waals surface area (Å²) in [5, 5.41) is 0. The first-order valence-electron chi connectivity index (χ1n) is 24.3. The lowest BCUT2D eigenvalue weighted by Gasteiger charge is -2.18. The standard InChI is InChI=1S/C54H88O6/c1-4-7-10-13-16-19-22-24-25-26-27-28-30-32-35-38-41-44-47-53(56)59-50-51(49-58-52(55)46-43-40-37-34-31-21-18-15-12-9-6-3)60-54(57)48-45-42-39-36-33-29-23-20-17-14-11-8-5-2/h8,11,14-15,17-18,20-21,23,25-29,31,33,51H,4-7,9-10,12-13,16,19,22,24,30,32,34-50H2,1-3H3/b11-8-,17-14-,18-15-,23-20-,26-25-,28-27-,31-21-,33-29-. The van der Waals surface area contributed by atoms with E-state index in [0.717, 1.165) is 96.3 Å². The smallest absolute Gasteiger partial charge is 0.306 e. The highest BCUT2D eigenvalue weighted by Gasteiger charge is 2.19. The molecule has 0 heterocycles. The molecule has 0 aromatic carbocycles. The lowest BCUT2D eigenvalue weighted by atomic mass is 10.1. The summed E-state index contributed by atoms with van der Waals surface area (Å²) in [6, 6.07) is 0. The van der Waals surface area contributed by atoms with E-state index in [9.17, 15) is 14.4 Å². The van der Waals surface area contributed by atoms with Crippen LogP contribution >= 0.6 is 0 Å². The molecule has 1 atom stereocenters. The maximum atomic E-state index is 12.7. The molecular weight excluding hydrogens is 745 g/mol. The number of unbranched alkanes of at least 4 members (excludes halogenated alkanes) is 20. The van der Waals surface area contributed by atoms with E-state index >= 15 is 0 Å². The van der Waals surface area contributed by atoms with Crippen LogP contribution in [0.15, 0.2) is 97.2 Å². The van der Waals surface area contributed by atoms with Gasteiger partial charge in [-0.1, -0.05) is 201 Å². The quantitative estimate of drug-likeness (QED) is 0.0264. The van der Waals surface area contributed by atoms with E-state index in [2.05, 4.69) is 81.5 Å². The first-order valence-corrected chi connectivity index (χ1v) is 24.3. The SMILES string of the molecule is CC\C=C/C=C\C=C/C=C\CCCCCC(=O)OC(COC(=O)CCCCC/C=C\C=C/CCCC)COC(=O)CCCCCCC/C=C\C=C/CCCCCCCCC. The molecule has 0 spiro atoms. The molecule has 0 aliphatic carbocycles. The fourth-order valence-corrected chi connectivity index (χ4v) is 6.24. The van der Waals surface area contributed by atoms with Crippen LogP contribution in [0.4, 0.5) is 0 Å². The summed E-state index contributed by atoms with van der Waals surface area (Å²) in [5.41, 5.74) is 0. The van der Waals surface area contributed by atoms with E-state index in [-0.39, 0.29) is 37.5 Å². The zero-order chi connectivity index (χ0) is 43.7. The number of esters is 3. The van der Waals surface area contributed by atoms with Crippen LogP contribution in [0.1, 0.15) is 207 Å². The van der Waals surface area contributed by atoms with Crippen LogP contribution in [0.2, 0.25) is 0 Å². The number of allylic oxidation sites excluding steroid dienone is 16. The van der Waals surface area contributed by atoms with E-state index in [4.69, 9.17) is 14.2 Å². The fraction of sp³-hybridized carbons (Fsp3) is 0.648. The van der Waals surface area contributed by atoms with Gasteiger partial charge in [0.1, 0.15) is 13.2 Å². The number of carbonyl (C=O) groups is 3. The van der Waals surface area contributed by atoms with Crippen molar-refractivity contribution in [2.45, 2.75) is 213 Å². The molecule has 6 nitrogen and oxygen atoms in total. The average molecular weight is 833 g/mol. The summed E-state index contributed by atoms with van der Waals surface area (Å²) >= 11 is 0. The maximum Gasteiger partial charge on any atom is 0.306 e. The first-order chi connectivity index (χ1) is 29.5. The van der Waals surface area contributed by atoms with Crippen molar-refractivity contribution in [3.63, 3.8) is 0 Å². The Morgan fingerprint density at radius 1 is 0.350 bits per heavy atom. The molecule has 0 aliphatic rings. The fourth-order valence-electron chi connectivity index (χ4n) is 6.24. The van der Waals surface area contributed by atoms with Crippen molar-refractivity contribution in [1.29, 1.82) is 0 Å². The molecule has 0 rings (SSSR count). The van der Waals surface area contributed by atoms with Gasteiger partial charge in [-0.25, -0.2) is 0 Å². The Kier molecular flexibility index (Phi) is 45.1. The molecule has 6 heteroatoms. The van der Waals surface area contributed by atoms with Crippen molar-refractivity contribution in [3.8, 4) is 0 Å². The Morgan fingerprint density at radius 2 is 0.667 bits per heavy atom. The summed E-state index contributed by atoms with van der Waals surface area (Å²) in [4.78, 5) is 37.8. The summed E-state index contributed by atoms with van der Waals surface area (Å²) in [5.74, 6) is -1.00. The number of ether oxygens (including phenoxy) is 3. The summed E-state index contributed by atoms with van der Waals surface area (Å²) in [6.45, 7) is 6.35. The van der Waals surface area contributed by atoms with Crippen LogP contribution in [0, 0.1) is 0 Å². The molecule has 60 heavy (non-hydrogen) atoms. The third-order valence-corrected chi connectivity index (χ3v) is 9.94. The third kappa shape index (κ3) is 45.4. The van der Waals surface area contributed by atoms with Crippen molar-refractivity contribution in [3.05, 3.63) is 97.2 Å². The van der Waals surface area contributed by atoms with Crippen molar-refractivity contribution < 1.29 is 28.6 Å². The number of hydrogen-bond acceptors (Lipinski definition) is 6. The molecule has 0 N–H and O–H groups in total. The van der Waals surface area contributed by atoms with Crippen molar-refractivity contribution in [1.82, 2.24) is 0 Å². The number of carbonyl (C=O) groups excluding carboxylic acids is 3. The van der Waals surface area contributed by atoms with Crippen molar-refractivity contribution >= 4 is 17.9 Å². The van der Waals surface area contributed by atoms with Gasteiger partial charge in [0.2, 0.25) is 0 Å². The number of rotatable bonds is 42. The molecule has 340 valence electrons. The second-order valence-corrected chi connectivity index (χ2v) is 15.8. The van der Waals surface area contributed by atoms with Crippen LogP contribution in [0.5, 0.6) is 0 Å². The minimum absolute atomic E-state index is 0.112. The van der Waals surface area contributed by atoms with Gasteiger partial charge in [0.25, 0.3) is 0 Å². The van der Waals surface area contributed by atoms with E-state index in [0.29, 0.717) is 19.3 Å². The average Bonchev–Trinajstić information content (AvgIpc) is 3.24. The molecule has 0 aromatic heterocycles.